The van der Waals surface area contributed by atoms with Crippen LogP contribution >= 0.6 is 0 Å². The molecule has 2 bridgehead atoms. The van der Waals surface area contributed by atoms with Crippen molar-refractivity contribution in [1.82, 2.24) is 0 Å². The van der Waals surface area contributed by atoms with Crippen molar-refractivity contribution >= 4 is 0 Å². The van der Waals surface area contributed by atoms with Gasteiger partial charge in [-0.25, -0.2) is 0 Å². The summed E-state index contributed by atoms with van der Waals surface area (Å²) in [7, 11) is 0. The summed E-state index contributed by atoms with van der Waals surface area (Å²) in [6.45, 7) is 13.5. The fourth-order valence-corrected chi connectivity index (χ4v) is 3.76. The first kappa shape index (κ1) is 13.4. The summed E-state index contributed by atoms with van der Waals surface area (Å²) in [6, 6.07) is 10.3. The molecule has 0 spiro atoms. The summed E-state index contributed by atoms with van der Waals surface area (Å²) < 4.78 is 0. The Kier molecular flexibility index (Phi) is 3.40. The zero-order valence-corrected chi connectivity index (χ0v) is 12.3. The predicted octanol–water partition coefficient (Wildman–Crippen LogP) is 5.38. The average molecular weight is 242 g/mol. The number of allylic oxidation sites excluding steroid dienone is 1. The number of rotatable bonds is 0. The maximum absolute atomic E-state index is 4.18. The van der Waals surface area contributed by atoms with Gasteiger partial charge < -0.3 is 0 Å². The highest BCUT2D eigenvalue weighted by Gasteiger charge is 2.57. The van der Waals surface area contributed by atoms with Crippen LogP contribution in [0.3, 0.4) is 0 Å². The molecule has 2 unspecified atom stereocenters. The van der Waals surface area contributed by atoms with Gasteiger partial charge in [0.25, 0.3) is 0 Å². The molecule has 0 amide bonds. The van der Waals surface area contributed by atoms with E-state index in [1.165, 1.54) is 30.4 Å². The maximum Gasteiger partial charge on any atom is -0.0149 e. The van der Waals surface area contributed by atoms with Gasteiger partial charge >= 0.3 is 0 Å². The van der Waals surface area contributed by atoms with E-state index in [-0.39, 0.29) is 0 Å². The van der Waals surface area contributed by atoms with Crippen LogP contribution in [0.1, 0.15) is 45.6 Å². The molecule has 98 valence electrons. The van der Waals surface area contributed by atoms with Crippen LogP contribution in [0.4, 0.5) is 0 Å². The first-order chi connectivity index (χ1) is 8.37. The van der Waals surface area contributed by atoms with Crippen molar-refractivity contribution in [2.45, 2.75) is 47.0 Å². The zero-order chi connectivity index (χ0) is 13.4. The molecule has 2 saturated carbocycles. The smallest absolute Gasteiger partial charge is 0.0149 e. The second-order valence-corrected chi connectivity index (χ2v) is 6.86. The van der Waals surface area contributed by atoms with E-state index in [0.717, 1.165) is 5.92 Å². The summed E-state index contributed by atoms with van der Waals surface area (Å²) >= 11 is 0. The number of hydrogen-bond donors (Lipinski definition) is 0. The third-order valence-electron chi connectivity index (χ3n) is 5.46. The molecule has 18 heavy (non-hydrogen) atoms. The third-order valence-corrected chi connectivity index (χ3v) is 5.46. The van der Waals surface area contributed by atoms with Crippen LogP contribution in [0.5, 0.6) is 0 Å². The Morgan fingerprint density at radius 3 is 1.94 bits per heavy atom. The molecule has 0 heteroatoms. The van der Waals surface area contributed by atoms with Crippen molar-refractivity contribution in [3.8, 4) is 0 Å². The monoisotopic (exact) mass is 242 g/mol. The average Bonchev–Trinajstić information content (AvgIpc) is 2.61. The Balaban J connectivity index is 0.000000149. The summed E-state index contributed by atoms with van der Waals surface area (Å²) in [5.74, 6) is 0.826. The van der Waals surface area contributed by atoms with Crippen molar-refractivity contribution in [3.05, 3.63) is 48.0 Å². The number of aryl methyl sites for hydroxylation is 1. The minimum absolute atomic E-state index is 0.532. The molecular formula is C18H26. The maximum atomic E-state index is 4.18. The fraction of sp³-hybridized carbons (Fsp3) is 0.556. The molecule has 1 aromatic rings. The lowest BCUT2D eigenvalue weighted by Gasteiger charge is -2.33. The van der Waals surface area contributed by atoms with E-state index < -0.39 is 0 Å². The Morgan fingerprint density at radius 1 is 1.11 bits per heavy atom. The van der Waals surface area contributed by atoms with E-state index in [1.54, 1.807) is 0 Å². The highest BCUT2D eigenvalue weighted by molar-refractivity contribution is 5.24. The largest absolute Gasteiger partial charge is 0.0995 e. The Labute approximate surface area is 112 Å². The van der Waals surface area contributed by atoms with E-state index in [2.05, 4.69) is 46.4 Å². The molecule has 3 rings (SSSR count). The quantitative estimate of drug-likeness (QED) is 0.535. The number of benzene rings is 1. The molecule has 2 fully saturated rings. The first-order valence-electron chi connectivity index (χ1n) is 7.06. The molecule has 1 aromatic carbocycles. The normalized spacial score (nSPS) is 32.0. The van der Waals surface area contributed by atoms with Crippen LogP contribution in [-0.4, -0.2) is 0 Å². The van der Waals surface area contributed by atoms with Crippen LogP contribution < -0.4 is 0 Å². The van der Waals surface area contributed by atoms with Gasteiger partial charge in [-0.2, -0.15) is 0 Å². The molecule has 0 heterocycles. The molecule has 0 saturated heterocycles. The topological polar surface area (TPSA) is 0 Å². The van der Waals surface area contributed by atoms with Crippen LogP contribution in [-0.2, 0) is 0 Å². The molecule has 0 radical (unpaired) electrons. The first-order valence-corrected chi connectivity index (χ1v) is 7.06. The van der Waals surface area contributed by atoms with Crippen LogP contribution in [0.15, 0.2) is 42.5 Å². The zero-order valence-electron chi connectivity index (χ0n) is 12.3. The minimum Gasteiger partial charge on any atom is -0.0995 e. The summed E-state index contributed by atoms with van der Waals surface area (Å²) in [4.78, 5) is 0. The van der Waals surface area contributed by atoms with Crippen LogP contribution in [0.25, 0.3) is 0 Å². The van der Waals surface area contributed by atoms with Gasteiger partial charge in [0, 0.05) is 0 Å². The number of fused-ring (bicyclic) bond motifs is 2. The van der Waals surface area contributed by atoms with Gasteiger partial charge in [-0.3, -0.25) is 0 Å². The van der Waals surface area contributed by atoms with Gasteiger partial charge in [0.2, 0.25) is 0 Å². The van der Waals surface area contributed by atoms with Crippen molar-refractivity contribution in [1.29, 1.82) is 0 Å². The van der Waals surface area contributed by atoms with Crippen molar-refractivity contribution < 1.29 is 0 Å². The molecule has 2 aliphatic carbocycles. The van der Waals surface area contributed by atoms with Crippen molar-refractivity contribution in [2.24, 2.45) is 16.7 Å². The van der Waals surface area contributed by atoms with E-state index in [0.29, 0.717) is 10.8 Å². The standard InChI is InChI=1S/C11H18.C7H8/c1-8-7-11(4)6-5-9(8)10(11,2)3;1-7-5-3-2-4-6-7/h9H,1,5-7H2,2-4H3;2-6H,1H3. The lowest BCUT2D eigenvalue weighted by molar-refractivity contribution is 0.152. The van der Waals surface area contributed by atoms with Gasteiger partial charge in [-0.1, -0.05) is 68.8 Å². The fourth-order valence-electron chi connectivity index (χ4n) is 3.76. The van der Waals surface area contributed by atoms with Crippen LogP contribution in [0.2, 0.25) is 0 Å². The van der Waals surface area contributed by atoms with Gasteiger partial charge in [0.15, 0.2) is 0 Å². The lowest BCUT2D eigenvalue weighted by atomic mass is 9.71. The summed E-state index contributed by atoms with van der Waals surface area (Å²) in [5, 5.41) is 0. The third kappa shape index (κ3) is 2.13. The summed E-state index contributed by atoms with van der Waals surface area (Å²) in [6.07, 6.45) is 4.09. The second kappa shape index (κ2) is 4.57. The van der Waals surface area contributed by atoms with Gasteiger partial charge in [-0.15, -0.1) is 0 Å². The SMILES string of the molecule is C=C1CC2(C)CCC1C2(C)C.Cc1ccccc1. The molecule has 2 aliphatic rings. The molecule has 0 aromatic heterocycles. The number of hydrogen-bond acceptors (Lipinski definition) is 0. The van der Waals surface area contributed by atoms with Gasteiger partial charge in [0.05, 0.1) is 0 Å². The van der Waals surface area contributed by atoms with E-state index in [4.69, 9.17) is 0 Å². The minimum atomic E-state index is 0.532. The van der Waals surface area contributed by atoms with Crippen LogP contribution in [0, 0.1) is 23.7 Å². The molecule has 2 atom stereocenters. The molecule has 0 aliphatic heterocycles. The van der Waals surface area contributed by atoms with E-state index in [9.17, 15) is 0 Å². The van der Waals surface area contributed by atoms with Crippen molar-refractivity contribution in [2.75, 3.05) is 0 Å². The molecular weight excluding hydrogens is 216 g/mol. The summed E-state index contributed by atoms with van der Waals surface area (Å²) in [5.41, 5.74) is 3.95. The molecule has 0 nitrogen and oxygen atoms in total. The lowest BCUT2D eigenvalue weighted by Crippen LogP contribution is -2.26. The Morgan fingerprint density at radius 2 is 1.72 bits per heavy atom. The van der Waals surface area contributed by atoms with E-state index in [1.807, 2.05) is 18.2 Å². The Bertz CT molecular complexity index is 424. The molecule has 0 N–H and O–H groups in total. The van der Waals surface area contributed by atoms with Gasteiger partial charge in [0.1, 0.15) is 0 Å². The predicted molar refractivity (Wildman–Crippen MR) is 79.5 cm³/mol. The van der Waals surface area contributed by atoms with Gasteiger partial charge in [-0.05, 0) is 42.9 Å². The highest BCUT2D eigenvalue weighted by atomic mass is 14.6. The van der Waals surface area contributed by atoms with Crippen molar-refractivity contribution in [3.63, 3.8) is 0 Å². The van der Waals surface area contributed by atoms with E-state index >= 15 is 0 Å². The second-order valence-electron chi connectivity index (χ2n) is 6.86. The Hall–Kier alpha value is -1.04. The highest BCUT2D eigenvalue weighted by Crippen LogP contribution is 2.67.